The number of benzene rings is 2. The maximum Gasteiger partial charge on any atom is 0.248 e. The van der Waals surface area contributed by atoms with Crippen LogP contribution in [0.3, 0.4) is 0 Å². The van der Waals surface area contributed by atoms with Gasteiger partial charge in [-0.2, -0.15) is 0 Å². The molecule has 0 unspecified atom stereocenters. The molecule has 0 aromatic heterocycles. The maximum atomic E-state index is 11.0. The highest BCUT2D eigenvalue weighted by atomic mass is 79.9. The van der Waals surface area contributed by atoms with Crippen molar-refractivity contribution < 1.29 is 4.79 Å². The first kappa shape index (κ1) is 13.4. The Hall–Kier alpha value is -2.01. The standard InChI is InChI=1S/C14H14BrN3O/c15-12-7-10(14(17)19)3-6-13(12)18-8-9-1-4-11(16)5-2-9/h1-7,18H,8,16H2,(H2,17,19). The minimum Gasteiger partial charge on any atom is -0.399 e. The predicted octanol–water partition coefficient (Wildman–Crippen LogP) is 2.74. The van der Waals surface area contributed by atoms with Gasteiger partial charge in [0.15, 0.2) is 0 Å². The molecule has 19 heavy (non-hydrogen) atoms. The van der Waals surface area contributed by atoms with E-state index in [0.717, 1.165) is 21.4 Å². The second-order valence-corrected chi connectivity index (χ2v) is 5.01. The minimum atomic E-state index is -0.439. The second-order valence-electron chi connectivity index (χ2n) is 4.15. The molecular weight excluding hydrogens is 306 g/mol. The van der Waals surface area contributed by atoms with E-state index in [-0.39, 0.29) is 0 Å². The monoisotopic (exact) mass is 319 g/mol. The number of anilines is 2. The van der Waals surface area contributed by atoms with Gasteiger partial charge in [-0.25, -0.2) is 0 Å². The van der Waals surface area contributed by atoms with Crippen LogP contribution in [-0.2, 0) is 6.54 Å². The second kappa shape index (κ2) is 5.75. The van der Waals surface area contributed by atoms with E-state index in [1.807, 2.05) is 30.3 Å². The van der Waals surface area contributed by atoms with Crippen LogP contribution < -0.4 is 16.8 Å². The molecule has 2 aromatic carbocycles. The third kappa shape index (κ3) is 3.48. The summed E-state index contributed by atoms with van der Waals surface area (Å²) in [4.78, 5) is 11.0. The van der Waals surface area contributed by atoms with Crippen molar-refractivity contribution in [1.82, 2.24) is 0 Å². The van der Waals surface area contributed by atoms with E-state index in [1.165, 1.54) is 0 Å². The summed E-state index contributed by atoms with van der Waals surface area (Å²) in [5, 5.41) is 3.28. The molecule has 0 aliphatic carbocycles. The third-order valence-corrected chi connectivity index (χ3v) is 3.37. The number of hydrogen-bond donors (Lipinski definition) is 3. The Bertz CT molecular complexity index is 596. The van der Waals surface area contributed by atoms with Crippen LogP contribution in [-0.4, -0.2) is 5.91 Å². The van der Waals surface area contributed by atoms with Gasteiger partial charge in [0.25, 0.3) is 0 Å². The number of carbonyl (C=O) groups excluding carboxylic acids is 1. The summed E-state index contributed by atoms with van der Waals surface area (Å²) >= 11 is 3.41. The lowest BCUT2D eigenvalue weighted by atomic mass is 10.2. The van der Waals surface area contributed by atoms with Gasteiger partial charge in [-0.3, -0.25) is 4.79 Å². The molecule has 2 rings (SSSR count). The number of carbonyl (C=O) groups is 1. The number of amides is 1. The van der Waals surface area contributed by atoms with Gasteiger partial charge >= 0.3 is 0 Å². The van der Waals surface area contributed by atoms with Crippen molar-refractivity contribution in [2.45, 2.75) is 6.54 Å². The van der Waals surface area contributed by atoms with Crippen molar-refractivity contribution in [2.24, 2.45) is 5.73 Å². The number of nitrogen functional groups attached to an aromatic ring is 1. The van der Waals surface area contributed by atoms with Crippen LogP contribution in [0, 0.1) is 0 Å². The van der Waals surface area contributed by atoms with Gasteiger partial charge in [0.2, 0.25) is 5.91 Å². The molecule has 0 spiro atoms. The van der Waals surface area contributed by atoms with Gasteiger partial charge in [-0.1, -0.05) is 12.1 Å². The van der Waals surface area contributed by atoms with E-state index in [1.54, 1.807) is 12.1 Å². The van der Waals surface area contributed by atoms with Gasteiger partial charge in [0.05, 0.1) is 0 Å². The normalized spacial score (nSPS) is 10.2. The van der Waals surface area contributed by atoms with Crippen LogP contribution in [0.4, 0.5) is 11.4 Å². The van der Waals surface area contributed by atoms with E-state index in [4.69, 9.17) is 11.5 Å². The maximum absolute atomic E-state index is 11.0. The van der Waals surface area contributed by atoms with Gasteiger partial charge in [0, 0.05) is 28.0 Å². The van der Waals surface area contributed by atoms with Crippen LogP contribution in [0.15, 0.2) is 46.9 Å². The number of nitrogens with one attached hydrogen (secondary N) is 1. The fourth-order valence-electron chi connectivity index (χ4n) is 1.64. The van der Waals surface area contributed by atoms with Crippen LogP contribution in [0.25, 0.3) is 0 Å². The zero-order valence-corrected chi connectivity index (χ0v) is 11.8. The quantitative estimate of drug-likeness (QED) is 0.758. The molecule has 0 heterocycles. The van der Waals surface area contributed by atoms with Crippen LogP contribution >= 0.6 is 15.9 Å². The van der Waals surface area contributed by atoms with Crippen molar-refractivity contribution in [3.05, 3.63) is 58.1 Å². The molecule has 0 radical (unpaired) electrons. The lowest BCUT2D eigenvalue weighted by molar-refractivity contribution is 0.100. The predicted molar refractivity (Wildman–Crippen MR) is 80.8 cm³/mol. The molecule has 5 N–H and O–H groups in total. The molecule has 98 valence electrons. The Balaban J connectivity index is 2.07. The minimum absolute atomic E-state index is 0.439. The first-order chi connectivity index (χ1) is 9.06. The van der Waals surface area contributed by atoms with E-state index in [0.29, 0.717) is 12.1 Å². The first-order valence-electron chi connectivity index (χ1n) is 5.74. The van der Waals surface area contributed by atoms with Gasteiger partial charge in [-0.05, 0) is 51.8 Å². The molecule has 0 atom stereocenters. The van der Waals surface area contributed by atoms with Crippen LogP contribution in [0.1, 0.15) is 15.9 Å². The van der Waals surface area contributed by atoms with Crippen molar-refractivity contribution >= 4 is 33.2 Å². The summed E-state index contributed by atoms with van der Waals surface area (Å²) in [6.45, 7) is 0.675. The highest BCUT2D eigenvalue weighted by Gasteiger charge is 2.05. The molecule has 0 saturated heterocycles. The topological polar surface area (TPSA) is 81.1 Å². The highest BCUT2D eigenvalue weighted by Crippen LogP contribution is 2.24. The molecule has 5 heteroatoms. The van der Waals surface area contributed by atoms with Crippen molar-refractivity contribution in [3.63, 3.8) is 0 Å². The smallest absolute Gasteiger partial charge is 0.248 e. The zero-order chi connectivity index (χ0) is 13.8. The van der Waals surface area contributed by atoms with Gasteiger partial charge in [0.1, 0.15) is 0 Å². The fraction of sp³-hybridized carbons (Fsp3) is 0.0714. The molecule has 0 fully saturated rings. The number of hydrogen-bond acceptors (Lipinski definition) is 3. The number of nitrogens with two attached hydrogens (primary N) is 2. The summed E-state index contributed by atoms with van der Waals surface area (Å²) in [6, 6.07) is 12.9. The summed E-state index contributed by atoms with van der Waals surface area (Å²) in [6.07, 6.45) is 0. The molecule has 1 amide bonds. The van der Waals surface area contributed by atoms with Crippen LogP contribution in [0.2, 0.25) is 0 Å². The third-order valence-electron chi connectivity index (χ3n) is 2.72. The van der Waals surface area contributed by atoms with E-state index >= 15 is 0 Å². The Morgan fingerprint density at radius 2 is 1.84 bits per heavy atom. The Morgan fingerprint density at radius 1 is 1.16 bits per heavy atom. The number of rotatable bonds is 4. The average molecular weight is 320 g/mol. The van der Waals surface area contributed by atoms with Gasteiger partial charge in [-0.15, -0.1) is 0 Å². The SMILES string of the molecule is NC(=O)c1ccc(NCc2ccc(N)cc2)c(Br)c1. The number of halogens is 1. The van der Waals surface area contributed by atoms with E-state index in [9.17, 15) is 4.79 Å². The summed E-state index contributed by atoms with van der Waals surface area (Å²) in [7, 11) is 0. The Labute approximate surface area is 119 Å². The van der Waals surface area contributed by atoms with E-state index in [2.05, 4.69) is 21.2 Å². The van der Waals surface area contributed by atoms with Crippen LogP contribution in [0.5, 0.6) is 0 Å². The van der Waals surface area contributed by atoms with Gasteiger partial charge < -0.3 is 16.8 Å². The van der Waals surface area contributed by atoms with E-state index < -0.39 is 5.91 Å². The Kier molecular flexibility index (Phi) is 4.06. The molecule has 0 saturated carbocycles. The molecular formula is C14H14BrN3O. The molecule has 4 nitrogen and oxygen atoms in total. The molecule has 2 aromatic rings. The average Bonchev–Trinajstić information content (AvgIpc) is 2.39. The highest BCUT2D eigenvalue weighted by molar-refractivity contribution is 9.10. The lowest BCUT2D eigenvalue weighted by Gasteiger charge is -2.09. The Morgan fingerprint density at radius 3 is 2.42 bits per heavy atom. The molecule has 0 bridgehead atoms. The first-order valence-corrected chi connectivity index (χ1v) is 6.53. The fourth-order valence-corrected chi connectivity index (χ4v) is 2.16. The number of primary amides is 1. The molecule has 0 aliphatic heterocycles. The largest absolute Gasteiger partial charge is 0.399 e. The van der Waals surface area contributed by atoms with Crippen molar-refractivity contribution in [1.29, 1.82) is 0 Å². The lowest BCUT2D eigenvalue weighted by Crippen LogP contribution is -2.11. The summed E-state index contributed by atoms with van der Waals surface area (Å²) in [5.74, 6) is -0.439. The molecule has 0 aliphatic rings. The summed E-state index contributed by atoms with van der Waals surface area (Å²) < 4.78 is 0.805. The summed E-state index contributed by atoms with van der Waals surface area (Å²) in [5.41, 5.74) is 14.1. The zero-order valence-electron chi connectivity index (χ0n) is 10.2. The van der Waals surface area contributed by atoms with Crippen molar-refractivity contribution in [3.8, 4) is 0 Å². The van der Waals surface area contributed by atoms with Crippen molar-refractivity contribution in [2.75, 3.05) is 11.1 Å².